The van der Waals surface area contributed by atoms with Crippen LogP contribution in [-0.4, -0.2) is 17.6 Å². The fourth-order valence-corrected chi connectivity index (χ4v) is 3.76. The number of benzene rings is 2. The lowest BCUT2D eigenvalue weighted by Crippen LogP contribution is -2.19. The molecular formula is C26H28N2O3. The van der Waals surface area contributed by atoms with E-state index in [1.807, 2.05) is 60.7 Å². The fourth-order valence-electron chi connectivity index (χ4n) is 3.76. The highest BCUT2D eigenvalue weighted by Gasteiger charge is 2.26. The Hall–Kier alpha value is -3.47. The molecule has 0 heterocycles. The predicted octanol–water partition coefficient (Wildman–Crippen LogP) is 5.46. The van der Waals surface area contributed by atoms with Gasteiger partial charge in [-0.25, -0.2) is 0 Å². The van der Waals surface area contributed by atoms with Crippen LogP contribution in [0.4, 0.5) is 11.4 Å². The zero-order chi connectivity index (χ0) is 22.4. The Morgan fingerprint density at radius 3 is 1.52 bits per heavy atom. The second-order valence-electron chi connectivity index (χ2n) is 7.96. The second-order valence-corrected chi connectivity index (χ2v) is 7.96. The third-order valence-electron chi connectivity index (χ3n) is 5.32. The fraction of sp³-hybridized carbons (Fsp3) is 0.269. The summed E-state index contributed by atoms with van der Waals surface area (Å²) in [5.74, 6) is 0.285. The molecule has 2 N–H and O–H groups in total. The number of Topliss-reactive ketones (excluding diaryl/α,β-unsaturated/α-hetero) is 1. The van der Waals surface area contributed by atoms with Crippen LogP contribution in [0.1, 0.15) is 51.2 Å². The molecule has 5 heteroatoms. The number of carbonyl (C=O) groups is 3. The molecule has 2 amide bonds. The Bertz CT molecular complexity index is 950. The van der Waals surface area contributed by atoms with E-state index in [0.29, 0.717) is 5.92 Å². The number of amides is 2. The first-order chi connectivity index (χ1) is 14.8. The molecule has 0 aliphatic heterocycles. The number of nitrogens with one attached hydrogen (secondary N) is 2. The van der Waals surface area contributed by atoms with Crippen LogP contribution in [0.3, 0.4) is 0 Å². The Labute approximate surface area is 183 Å². The third kappa shape index (κ3) is 6.25. The third-order valence-corrected chi connectivity index (χ3v) is 5.32. The van der Waals surface area contributed by atoms with E-state index >= 15 is 0 Å². The molecule has 1 fully saturated rings. The number of ketones is 1. The molecule has 0 bridgehead atoms. The molecule has 31 heavy (non-hydrogen) atoms. The van der Waals surface area contributed by atoms with Gasteiger partial charge in [0.2, 0.25) is 11.8 Å². The quantitative estimate of drug-likeness (QED) is 0.636. The number of hydrogen-bond acceptors (Lipinski definition) is 3. The molecule has 2 aromatic carbocycles. The number of rotatable bonds is 5. The molecule has 0 aromatic heterocycles. The smallest absolute Gasteiger partial charge is 0.221 e. The number of anilines is 2. The lowest BCUT2D eigenvalue weighted by atomic mass is 9.78. The first-order valence-electron chi connectivity index (χ1n) is 10.5. The van der Waals surface area contributed by atoms with Crippen molar-refractivity contribution in [2.75, 3.05) is 10.6 Å². The van der Waals surface area contributed by atoms with Crippen LogP contribution in [0, 0.1) is 5.92 Å². The molecule has 2 aromatic rings. The van der Waals surface area contributed by atoms with E-state index in [0.717, 1.165) is 52.9 Å². The van der Waals surface area contributed by atoms with Crippen LogP contribution in [0.15, 0.2) is 59.7 Å². The Morgan fingerprint density at radius 2 is 1.19 bits per heavy atom. The van der Waals surface area contributed by atoms with Crippen molar-refractivity contribution in [2.45, 2.75) is 40.0 Å². The zero-order valence-electron chi connectivity index (χ0n) is 18.2. The molecule has 0 saturated heterocycles. The molecule has 160 valence electrons. The summed E-state index contributed by atoms with van der Waals surface area (Å²) in [5, 5.41) is 5.50. The van der Waals surface area contributed by atoms with Gasteiger partial charge in [-0.15, -0.1) is 0 Å². The predicted molar refractivity (Wildman–Crippen MR) is 125 cm³/mol. The molecule has 0 atom stereocenters. The lowest BCUT2D eigenvalue weighted by molar-refractivity contribution is -0.115. The minimum Gasteiger partial charge on any atom is -0.326 e. The van der Waals surface area contributed by atoms with Gasteiger partial charge >= 0.3 is 0 Å². The van der Waals surface area contributed by atoms with Crippen LogP contribution in [0.5, 0.6) is 0 Å². The van der Waals surface area contributed by atoms with E-state index < -0.39 is 0 Å². The summed E-state index contributed by atoms with van der Waals surface area (Å²) in [7, 11) is 0. The highest BCUT2D eigenvalue weighted by molar-refractivity contribution is 6.14. The van der Waals surface area contributed by atoms with Crippen LogP contribution in [0.2, 0.25) is 0 Å². The van der Waals surface area contributed by atoms with Gasteiger partial charge in [-0.3, -0.25) is 14.4 Å². The largest absolute Gasteiger partial charge is 0.326 e. The topological polar surface area (TPSA) is 75.3 Å². The van der Waals surface area contributed by atoms with Crippen molar-refractivity contribution < 1.29 is 14.4 Å². The maximum atomic E-state index is 13.2. The summed E-state index contributed by atoms with van der Waals surface area (Å²) in [6.45, 7) is 5.10. The maximum absolute atomic E-state index is 13.2. The van der Waals surface area contributed by atoms with Crippen LogP contribution >= 0.6 is 0 Å². The highest BCUT2D eigenvalue weighted by Crippen LogP contribution is 2.34. The van der Waals surface area contributed by atoms with Crippen LogP contribution in [0.25, 0.3) is 12.2 Å². The van der Waals surface area contributed by atoms with Gasteiger partial charge in [0, 0.05) is 36.4 Å². The summed E-state index contributed by atoms with van der Waals surface area (Å²) < 4.78 is 0. The van der Waals surface area contributed by atoms with Gasteiger partial charge in [0.1, 0.15) is 0 Å². The molecule has 5 nitrogen and oxygen atoms in total. The van der Waals surface area contributed by atoms with E-state index in [4.69, 9.17) is 0 Å². The van der Waals surface area contributed by atoms with Crippen molar-refractivity contribution in [2.24, 2.45) is 5.92 Å². The summed E-state index contributed by atoms with van der Waals surface area (Å²) in [6, 6.07) is 15.0. The SMILES string of the molecule is CCC1C/C(=C\c2ccc(NC(C)=O)cc2)C(=O)/C(=C/c2ccc(NC(C)=O)cc2)C1. The minimum atomic E-state index is -0.112. The molecular weight excluding hydrogens is 388 g/mol. The standard InChI is InChI=1S/C26H28N2O3/c1-4-19-13-22(15-20-5-9-24(10-6-20)27-17(2)29)26(31)23(14-19)16-21-7-11-25(12-8-21)28-18(3)30/h5-12,15-16,19H,4,13-14H2,1-3H3,(H,27,29)(H,28,30)/b22-15+,23-16+. The van der Waals surface area contributed by atoms with Crippen LogP contribution < -0.4 is 10.6 Å². The number of carbonyl (C=O) groups excluding carboxylic acids is 3. The van der Waals surface area contributed by atoms with Crippen molar-refractivity contribution >= 4 is 41.1 Å². The average molecular weight is 417 g/mol. The van der Waals surface area contributed by atoms with Crippen molar-refractivity contribution in [3.05, 3.63) is 70.8 Å². The Kier molecular flexibility index (Phi) is 7.19. The van der Waals surface area contributed by atoms with Crippen molar-refractivity contribution in [1.82, 2.24) is 0 Å². The highest BCUT2D eigenvalue weighted by atomic mass is 16.2. The second kappa shape index (κ2) is 10.0. The van der Waals surface area contributed by atoms with Crippen molar-refractivity contribution in [3.8, 4) is 0 Å². The molecule has 1 aliphatic rings. The normalized spacial score (nSPS) is 18.8. The molecule has 0 radical (unpaired) electrons. The van der Waals surface area contributed by atoms with Crippen LogP contribution in [-0.2, 0) is 14.4 Å². The maximum Gasteiger partial charge on any atom is 0.221 e. The monoisotopic (exact) mass is 416 g/mol. The molecule has 1 aliphatic carbocycles. The van der Waals surface area contributed by atoms with Gasteiger partial charge in [0.15, 0.2) is 5.78 Å². The van der Waals surface area contributed by atoms with E-state index in [1.54, 1.807) is 0 Å². The Balaban J connectivity index is 1.83. The molecule has 3 rings (SSSR count). The summed E-state index contributed by atoms with van der Waals surface area (Å²) >= 11 is 0. The van der Waals surface area contributed by atoms with E-state index in [9.17, 15) is 14.4 Å². The molecule has 0 unspecified atom stereocenters. The van der Waals surface area contributed by atoms with E-state index in [1.165, 1.54) is 13.8 Å². The van der Waals surface area contributed by atoms with Gasteiger partial charge in [-0.2, -0.15) is 0 Å². The van der Waals surface area contributed by atoms with Gasteiger partial charge < -0.3 is 10.6 Å². The van der Waals surface area contributed by atoms with Gasteiger partial charge in [-0.05, 0) is 66.3 Å². The number of allylic oxidation sites excluding steroid dienone is 2. The van der Waals surface area contributed by atoms with E-state index in [-0.39, 0.29) is 17.6 Å². The first-order valence-corrected chi connectivity index (χ1v) is 10.5. The van der Waals surface area contributed by atoms with Gasteiger partial charge in [0.05, 0.1) is 0 Å². The minimum absolute atomic E-state index is 0.0848. The molecule has 0 spiro atoms. The zero-order valence-corrected chi connectivity index (χ0v) is 18.2. The molecule has 1 saturated carbocycles. The Morgan fingerprint density at radius 1 is 0.806 bits per heavy atom. The van der Waals surface area contributed by atoms with Gasteiger partial charge in [0.25, 0.3) is 0 Å². The van der Waals surface area contributed by atoms with E-state index in [2.05, 4.69) is 17.6 Å². The first kappa shape index (κ1) is 22.2. The van der Waals surface area contributed by atoms with Crippen molar-refractivity contribution in [3.63, 3.8) is 0 Å². The summed E-state index contributed by atoms with van der Waals surface area (Å²) in [6.07, 6.45) is 6.44. The lowest BCUT2D eigenvalue weighted by Gasteiger charge is -2.25. The number of hydrogen-bond donors (Lipinski definition) is 2. The van der Waals surface area contributed by atoms with Gasteiger partial charge in [-0.1, -0.05) is 37.6 Å². The average Bonchev–Trinajstić information content (AvgIpc) is 2.73. The summed E-state index contributed by atoms with van der Waals surface area (Å²) in [5.41, 5.74) is 4.97. The summed E-state index contributed by atoms with van der Waals surface area (Å²) in [4.78, 5) is 35.5. The van der Waals surface area contributed by atoms with Crippen molar-refractivity contribution in [1.29, 1.82) is 0 Å².